The first-order chi connectivity index (χ1) is 12.6. The van der Waals surface area contributed by atoms with E-state index in [0.29, 0.717) is 23.2 Å². The maximum Gasteiger partial charge on any atom is 0.408 e. The van der Waals surface area contributed by atoms with Gasteiger partial charge in [0, 0.05) is 17.7 Å². The van der Waals surface area contributed by atoms with Crippen molar-refractivity contribution in [2.75, 3.05) is 4.90 Å². The molecule has 0 aliphatic carbocycles. The molecule has 7 heteroatoms. The number of carbonyl (C=O) groups is 3. The summed E-state index contributed by atoms with van der Waals surface area (Å²) in [6.45, 7) is 6.88. The third-order valence-electron chi connectivity index (χ3n) is 4.15. The fourth-order valence-electron chi connectivity index (χ4n) is 2.97. The molecule has 0 saturated carbocycles. The van der Waals surface area contributed by atoms with Gasteiger partial charge in [-0.1, -0.05) is 12.8 Å². The average Bonchev–Trinajstić information content (AvgIpc) is 2.96. The van der Waals surface area contributed by atoms with E-state index in [4.69, 9.17) is 11.2 Å². The predicted octanol–water partition coefficient (Wildman–Crippen LogP) is 2.31. The summed E-state index contributed by atoms with van der Waals surface area (Å²) in [6, 6.07) is 3.06. The quantitative estimate of drug-likeness (QED) is 0.791. The highest BCUT2D eigenvalue weighted by Gasteiger charge is 2.41. The maximum atomic E-state index is 13.1. The number of hydrogen-bond donors (Lipinski definition) is 2. The summed E-state index contributed by atoms with van der Waals surface area (Å²) in [7, 11) is 0. The van der Waals surface area contributed by atoms with E-state index in [2.05, 4.69) is 11.2 Å². The van der Waals surface area contributed by atoms with Gasteiger partial charge in [0.25, 0.3) is 5.91 Å². The van der Waals surface area contributed by atoms with Gasteiger partial charge >= 0.3 is 12.1 Å². The Bertz CT molecular complexity index is 804. The van der Waals surface area contributed by atoms with Crippen LogP contribution in [0.25, 0.3) is 0 Å². The Morgan fingerprint density at radius 2 is 2.07 bits per heavy atom. The van der Waals surface area contributed by atoms with Crippen LogP contribution in [0.2, 0.25) is 0 Å². The molecule has 0 bridgehead atoms. The Morgan fingerprint density at radius 3 is 2.59 bits per heavy atom. The van der Waals surface area contributed by atoms with Gasteiger partial charge in [-0.2, -0.15) is 0 Å². The van der Waals surface area contributed by atoms with Crippen molar-refractivity contribution >= 4 is 23.7 Å². The van der Waals surface area contributed by atoms with Crippen LogP contribution in [0.15, 0.2) is 18.2 Å². The van der Waals surface area contributed by atoms with Crippen LogP contribution in [0.4, 0.5) is 10.5 Å². The second kappa shape index (κ2) is 7.70. The molecule has 1 aromatic carbocycles. The molecule has 27 heavy (non-hydrogen) atoms. The molecule has 1 aliphatic rings. The van der Waals surface area contributed by atoms with Gasteiger partial charge in [0.15, 0.2) is 0 Å². The SMILES string of the molecule is C#Cc1ccc2c(c1)C[C@H](C(=O)O)N2C(=O)[C@H](CC)NC(=O)OC(C)(C)C. The van der Waals surface area contributed by atoms with Gasteiger partial charge in [-0.3, -0.25) is 9.69 Å². The monoisotopic (exact) mass is 372 g/mol. The Kier molecular flexibility index (Phi) is 5.79. The van der Waals surface area contributed by atoms with Gasteiger partial charge in [-0.25, -0.2) is 9.59 Å². The molecule has 0 aromatic heterocycles. The van der Waals surface area contributed by atoms with E-state index in [-0.39, 0.29) is 6.42 Å². The van der Waals surface area contributed by atoms with Crippen LogP contribution in [0.1, 0.15) is 45.2 Å². The number of benzene rings is 1. The minimum Gasteiger partial charge on any atom is -0.480 e. The number of ether oxygens (including phenoxy) is 1. The van der Waals surface area contributed by atoms with E-state index < -0.39 is 35.7 Å². The van der Waals surface area contributed by atoms with Crippen LogP contribution < -0.4 is 10.2 Å². The zero-order valence-corrected chi connectivity index (χ0v) is 15.9. The first kappa shape index (κ1) is 20.3. The number of aliphatic carboxylic acids is 1. The number of carboxylic acid groups (broad SMARTS) is 1. The standard InChI is InChI=1S/C20H24N2O5/c1-6-12-8-9-15-13(10-12)11-16(18(24)25)22(15)17(23)14(7-2)21-19(26)27-20(3,4)5/h1,8-10,14,16H,7,11H2,2-5H3,(H,21,26)(H,24,25)/t14-,16+/m0/s1. The lowest BCUT2D eigenvalue weighted by molar-refractivity contribution is -0.140. The van der Waals surface area contributed by atoms with E-state index in [1.54, 1.807) is 45.9 Å². The van der Waals surface area contributed by atoms with E-state index in [0.717, 1.165) is 0 Å². The number of nitrogens with one attached hydrogen (secondary N) is 1. The number of fused-ring (bicyclic) bond motifs is 1. The highest BCUT2D eigenvalue weighted by Crippen LogP contribution is 2.34. The minimum atomic E-state index is -1.12. The van der Waals surface area contributed by atoms with Crippen LogP contribution in [0, 0.1) is 12.3 Å². The number of anilines is 1. The van der Waals surface area contributed by atoms with Gasteiger partial charge in [0.2, 0.25) is 0 Å². The zero-order chi connectivity index (χ0) is 20.4. The molecule has 2 atom stereocenters. The van der Waals surface area contributed by atoms with E-state index in [9.17, 15) is 19.5 Å². The van der Waals surface area contributed by atoms with Crippen molar-refractivity contribution in [3.8, 4) is 12.3 Å². The lowest BCUT2D eigenvalue weighted by Gasteiger charge is -2.28. The molecule has 2 N–H and O–H groups in total. The molecule has 0 unspecified atom stereocenters. The fraction of sp³-hybridized carbons (Fsp3) is 0.450. The molecule has 0 saturated heterocycles. The van der Waals surface area contributed by atoms with Crippen molar-refractivity contribution in [1.29, 1.82) is 0 Å². The van der Waals surface area contributed by atoms with Crippen LogP contribution in [0.3, 0.4) is 0 Å². The Hall–Kier alpha value is -3.01. The number of amides is 2. The summed E-state index contributed by atoms with van der Waals surface area (Å²) >= 11 is 0. The molecule has 0 spiro atoms. The molecule has 2 amide bonds. The first-order valence-corrected chi connectivity index (χ1v) is 8.72. The lowest BCUT2D eigenvalue weighted by Crippen LogP contribution is -2.53. The largest absolute Gasteiger partial charge is 0.480 e. The van der Waals surface area contributed by atoms with Gasteiger partial charge in [-0.15, -0.1) is 6.42 Å². The third kappa shape index (κ3) is 4.59. The lowest BCUT2D eigenvalue weighted by atomic mass is 10.1. The third-order valence-corrected chi connectivity index (χ3v) is 4.15. The number of rotatable bonds is 4. The van der Waals surface area contributed by atoms with Crippen molar-refractivity contribution in [2.24, 2.45) is 0 Å². The molecular formula is C20H24N2O5. The Morgan fingerprint density at radius 1 is 1.41 bits per heavy atom. The van der Waals surface area contributed by atoms with E-state index in [1.807, 2.05) is 0 Å². The maximum absolute atomic E-state index is 13.1. The van der Waals surface area contributed by atoms with Gasteiger partial charge in [0.1, 0.15) is 17.7 Å². The predicted molar refractivity (Wildman–Crippen MR) is 100 cm³/mol. The van der Waals surface area contributed by atoms with Crippen molar-refractivity contribution in [2.45, 2.75) is 58.2 Å². The smallest absolute Gasteiger partial charge is 0.408 e. The van der Waals surface area contributed by atoms with E-state index >= 15 is 0 Å². The van der Waals surface area contributed by atoms with E-state index in [1.165, 1.54) is 4.90 Å². The zero-order valence-electron chi connectivity index (χ0n) is 15.9. The normalized spacial score (nSPS) is 16.9. The van der Waals surface area contributed by atoms with Crippen molar-refractivity contribution in [1.82, 2.24) is 5.32 Å². The Labute approximate surface area is 158 Å². The van der Waals surface area contributed by atoms with Crippen LogP contribution in [0.5, 0.6) is 0 Å². The summed E-state index contributed by atoms with van der Waals surface area (Å²) in [6.07, 6.45) is 5.13. The molecule has 7 nitrogen and oxygen atoms in total. The second-order valence-corrected chi connectivity index (χ2v) is 7.36. The van der Waals surface area contributed by atoms with Crippen molar-refractivity contribution < 1.29 is 24.2 Å². The molecule has 0 radical (unpaired) electrons. The summed E-state index contributed by atoms with van der Waals surface area (Å²) in [5.41, 5.74) is 1.10. The number of alkyl carbamates (subject to hydrolysis) is 1. The highest BCUT2D eigenvalue weighted by molar-refractivity contribution is 6.05. The summed E-state index contributed by atoms with van der Waals surface area (Å²) in [4.78, 5) is 38.1. The molecule has 1 aliphatic heterocycles. The molecule has 0 fully saturated rings. The number of hydrogen-bond acceptors (Lipinski definition) is 4. The van der Waals surface area contributed by atoms with Gasteiger partial charge in [0.05, 0.1) is 0 Å². The summed E-state index contributed by atoms with van der Waals surface area (Å²) < 4.78 is 5.20. The number of carboxylic acids is 1. The first-order valence-electron chi connectivity index (χ1n) is 8.72. The van der Waals surface area contributed by atoms with Crippen LogP contribution >= 0.6 is 0 Å². The van der Waals surface area contributed by atoms with Crippen molar-refractivity contribution in [3.63, 3.8) is 0 Å². The highest BCUT2D eigenvalue weighted by atomic mass is 16.6. The van der Waals surface area contributed by atoms with Crippen LogP contribution in [-0.4, -0.2) is 40.8 Å². The number of nitrogens with zero attached hydrogens (tertiary/aromatic N) is 1. The topological polar surface area (TPSA) is 95.9 Å². The molecule has 144 valence electrons. The molecule has 1 aromatic rings. The summed E-state index contributed by atoms with van der Waals surface area (Å²) in [5.74, 6) is 0.888. The molecule has 2 rings (SSSR count). The van der Waals surface area contributed by atoms with Crippen molar-refractivity contribution in [3.05, 3.63) is 29.3 Å². The van der Waals surface area contributed by atoms with Crippen LogP contribution in [-0.2, 0) is 20.7 Å². The number of carbonyl (C=O) groups excluding carboxylic acids is 2. The molecular weight excluding hydrogens is 348 g/mol. The second-order valence-electron chi connectivity index (χ2n) is 7.36. The van der Waals surface area contributed by atoms with Gasteiger partial charge in [-0.05, 0) is 51.0 Å². The minimum absolute atomic E-state index is 0.162. The summed E-state index contributed by atoms with van der Waals surface area (Å²) in [5, 5.41) is 12.1. The Balaban J connectivity index is 2.30. The molecule has 1 heterocycles. The van der Waals surface area contributed by atoms with Gasteiger partial charge < -0.3 is 15.2 Å². The number of terminal acetylenes is 1. The fourth-order valence-corrected chi connectivity index (χ4v) is 2.97. The average molecular weight is 372 g/mol.